The predicted molar refractivity (Wildman–Crippen MR) is 107 cm³/mol. The lowest BCUT2D eigenvalue weighted by Gasteiger charge is -2.24. The third-order valence-corrected chi connectivity index (χ3v) is 4.95. The number of rotatable bonds is 7. The first-order valence-electron chi connectivity index (χ1n) is 9.78. The van der Waals surface area contributed by atoms with Gasteiger partial charge in [0.25, 0.3) is 5.69 Å². The normalized spacial score (nSPS) is 16.6. The van der Waals surface area contributed by atoms with Crippen LogP contribution in [0, 0.1) is 10.1 Å². The molecule has 0 amide bonds. The number of nitro groups is 1. The fraction of sp³-hybridized carbons (Fsp3) is 0.450. The van der Waals surface area contributed by atoms with Gasteiger partial charge in [0.1, 0.15) is 24.3 Å². The molecule has 0 radical (unpaired) electrons. The van der Waals surface area contributed by atoms with Gasteiger partial charge in [0.2, 0.25) is 0 Å². The summed E-state index contributed by atoms with van der Waals surface area (Å²) in [6, 6.07) is 8.04. The molecule has 1 aliphatic heterocycles. The molecule has 2 heterocycles. The van der Waals surface area contributed by atoms with Gasteiger partial charge in [-0.1, -0.05) is 0 Å². The highest BCUT2D eigenvalue weighted by molar-refractivity contribution is 5.40. The second kappa shape index (κ2) is 9.92. The van der Waals surface area contributed by atoms with Crippen LogP contribution >= 0.6 is 0 Å². The Balaban J connectivity index is 1.46. The number of alkyl halides is 3. The topological polar surface area (TPSA) is 92.0 Å². The van der Waals surface area contributed by atoms with Crippen molar-refractivity contribution >= 4 is 11.5 Å². The minimum Gasteiger partial charge on any atom is -0.491 e. The SMILES string of the molecule is O=[N+]([O-])c1ccc(OCC(O)CN2CCCN(c3ccc(C(F)(F)F)cn3)CC2)cc1. The molecular formula is C20H23F3N4O4. The molecule has 1 N–H and O–H groups in total. The van der Waals surface area contributed by atoms with Crippen molar-refractivity contribution in [1.82, 2.24) is 9.88 Å². The van der Waals surface area contributed by atoms with Gasteiger partial charge in [0, 0.05) is 44.5 Å². The molecule has 1 unspecified atom stereocenters. The van der Waals surface area contributed by atoms with E-state index in [1.54, 1.807) is 0 Å². The van der Waals surface area contributed by atoms with Crippen LogP contribution in [0.2, 0.25) is 0 Å². The van der Waals surface area contributed by atoms with E-state index in [-0.39, 0.29) is 12.3 Å². The van der Waals surface area contributed by atoms with E-state index in [1.807, 2.05) is 4.90 Å². The van der Waals surface area contributed by atoms with Crippen molar-refractivity contribution in [2.75, 3.05) is 44.2 Å². The zero-order valence-corrected chi connectivity index (χ0v) is 16.7. The summed E-state index contributed by atoms with van der Waals surface area (Å²) < 4.78 is 43.6. The lowest BCUT2D eigenvalue weighted by atomic mass is 10.2. The predicted octanol–water partition coefficient (Wildman–Crippen LogP) is 2.96. The number of non-ortho nitro benzene ring substituents is 1. The van der Waals surface area contributed by atoms with Crippen LogP contribution in [-0.4, -0.2) is 65.3 Å². The number of anilines is 1. The van der Waals surface area contributed by atoms with Gasteiger partial charge >= 0.3 is 6.18 Å². The molecule has 1 aliphatic rings. The van der Waals surface area contributed by atoms with Crippen LogP contribution in [0.5, 0.6) is 5.75 Å². The van der Waals surface area contributed by atoms with Crippen molar-refractivity contribution in [1.29, 1.82) is 0 Å². The molecule has 1 fully saturated rings. The van der Waals surface area contributed by atoms with E-state index in [0.717, 1.165) is 25.2 Å². The Morgan fingerprint density at radius 1 is 1.13 bits per heavy atom. The van der Waals surface area contributed by atoms with Crippen molar-refractivity contribution in [3.05, 3.63) is 58.3 Å². The number of pyridine rings is 1. The number of aromatic nitrogens is 1. The largest absolute Gasteiger partial charge is 0.491 e. The highest BCUT2D eigenvalue weighted by Gasteiger charge is 2.31. The first-order chi connectivity index (χ1) is 14.7. The summed E-state index contributed by atoms with van der Waals surface area (Å²) in [4.78, 5) is 18.1. The number of hydrogen-bond acceptors (Lipinski definition) is 7. The highest BCUT2D eigenvalue weighted by Crippen LogP contribution is 2.29. The summed E-state index contributed by atoms with van der Waals surface area (Å²) >= 11 is 0. The minimum absolute atomic E-state index is 0.0374. The van der Waals surface area contributed by atoms with E-state index in [4.69, 9.17) is 4.74 Å². The number of benzene rings is 1. The maximum Gasteiger partial charge on any atom is 0.417 e. The first kappa shape index (κ1) is 22.8. The van der Waals surface area contributed by atoms with Gasteiger partial charge in [0.15, 0.2) is 0 Å². The maximum absolute atomic E-state index is 12.7. The molecule has 1 atom stereocenters. The van der Waals surface area contributed by atoms with Crippen LogP contribution in [0.25, 0.3) is 0 Å². The van der Waals surface area contributed by atoms with Gasteiger partial charge in [-0.25, -0.2) is 4.98 Å². The van der Waals surface area contributed by atoms with Gasteiger partial charge < -0.3 is 14.7 Å². The molecule has 1 saturated heterocycles. The molecule has 0 aliphatic carbocycles. The first-order valence-corrected chi connectivity index (χ1v) is 9.78. The summed E-state index contributed by atoms with van der Waals surface area (Å²) in [6.07, 6.45) is -3.55. The molecule has 1 aromatic heterocycles. The van der Waals surface area contributed by atoms with E-state index in [2.05, 4.69) is 9.88 Å². The highest BCUT2D eigenvalue weighted by atomic mass is 19.4. The van der Waals surface area contributed by atoms with E-state index in [1.165, 1.54) is 30.3 Å². The van der Waals surface area contributed by atoms with E-state index >= 15 is 0 Å². The molecule has 31 heavy (non-hydrogen) atoms. The van der Waals surface area contributed by atoms with Crippen LogP contribution in [0.15, 0.2) is 42.6 Å². The monoisotopic (exact) mass is 440 g/mol. The number of halogens is 3. The Bertz CT molecular complexity index is 862. The molecule has 11 heteroatoms. The zero-order valence-electron chi connectivity index (χ0n) is 16.7. The summed E-state index contributed by atoms with van der Waals surface area (Å²) in [7, 11) is 0. The Morgan fingerprint density at radius 2 is 1.87 bits per heavy atom. The van der Waals surface area contributed by atoms with Crippen molar-refractivity contribution < 1.29 is 27.9 Å². The number of nitro benzene ring substituents is 1. The third-order valence-electron chi connectivity index (χ3n) is 4.95. The Labute approximate surface area is 177 Å². The number of ether oxygens (including phenoxy) is 1. The van der Waals surface area contributed by atoms with Crippen LogP contribution in [0.1, 0.15) is 12.0 Å². The fourth-order valence-corrected chi connectivity index (χ4v) is 3.33. The van der Waals surface area contributed by atoms with Gasteiger partial charge in [-0.15, -0.1) is 0 Å². The molecule has 8 nitrogen and oxygen atoms in total. The van der Waals surface area contributed by atoms with Gasteiger partial charge in [-0.05, 0) is 37.2 Å². The molecule has 0 bridgehead atoms. The molecule has 2 aromatic rings. The average Bonchev–Trinajstić information content (AvgIpc) is 2.97. The molecule has 3 rings (SSSR count). The van der Waals surface area contributed by atoms with Gasteiger partial charge in [-0.3, -0.25) is 15.0 Å². The lowest BCUT2D eigenvalue weighted by Crippen LogP contribution is -2.38. The number of aliphatic hydroxyl groups is 1. The lowest BCUT2D eigenvalue weighted by molar-refractivity contribution is -0.384. The van der Waals surface area contributed by atoms with Crippen molar-refractivity contribution in [3.63, 3.8) is 0 Å². The summed E-state index contributed by atoms with van der Waals surface area (Å²) in [5, 5.41) is 20.9. The van der Waals surface area contributed by atoms with Crippen molar-refractivity contribution in [3.8, 4) is 5.75 Å². The number of aliphatic hydroxyl groups excluding tert-OH is 1. The molecular weight excluding hydrogens is 417 g/mol. The van der Waals surface area contributed by atoms with Gasteiger partial charge in [-0.2, -0.15) is 13.2 Å². The second-order valence-corrected chi connectivity index (χ2v) is 7.26. The van der Waals surface area contributed by atoms with Crippen LogP contribution in [0.3, 0.4) is 0 Å². The molecule has 0 spiro atoms. The second-order valence-electron chi connectivity index (χ2n) is 7.26. The van der Waals surface area contributed by atoms with Crippen molar-refractivity contribution in [2.45, 2.75) is 18.7 Å². The molecule has 1 aromatic carbocycles. The third kappa shape index (κ3) is 6.53. The maximum atomic E-state index is 12.7. The summed E-state index contributed by atoms with van der Waals surface area (Å²) in [5.74, 6) is 0.928. The summed E-state index contributed by atoms with van der Waals surface area (Å²) in [6.45, 7) is 3.00. The Kier molecular flexibility index (Phi) is 7.29. The van der Waals surface area contributed by atoms with Gasteiger partial charge in [0.05, 0.1) is 10.5 Å². The van der Waals surface area contributed by atoms with E-state index < -0.39 is 22.8 Å². The Hall–Kier alpha value is -2.92. The standard InChI is InChI=1S/C20H23F3N4O4/c21-20(22,23)15-2-7-19(24-12-15)26-9-1-8-25(10-11-26)13-17(28)14-31-18-5-3-16(4-6-18)27(29)30/h2-7,12,17,28H,1,8-11,13-14H2. The average molecular weight is 440 g/mol. The van der Waals surface area contributed by atoms with Crippen LogP contribution in [-0.2, 0) is 6.18 Å². The molecule has 168 valence electrons. The number of nitrogens with zero attached hydrogens (tertiary/aromatic N) is 4. The molecule has 0 saturated carbocycles. The Morgan fingerprint density at radius 3 is 2.48 bits per heavy atom. The fourth-order valence-electron chi connectivity index (χ4n) is 3.33. The zero-order chi connectivity index (χ0) is 22.4. The quantitative estimate of drug-likeness (QED) is 0.523. The van der Waals surface area contributed by atoms with Crippen LogP contribution in [0.4, 0.5) is 24.7 Å². The van der Waals surface area contributed by atoms with Crippen molar-refractivity contribution in [2.24, 2.45) is 0 Å². The number of hydrogen-bond donors (Lipinski definition) is 1. The van der Waals surface area contributed by atoms with E-state index in [9.17, 15) is 28.4 Å². The van der Waals surface area contributed by atoms with E-state index in [0.29, 0.717) is 37.7 Å². The minimum atomic E-state index is -4.41. The van der Waals surface area contributed by atoms with Crippen LogP contribution < -0.4 is 9.64 Å². The summed E-state index contributed by atoms with van der Waals surface area (Å²) in [5.41, 5.74) is -0.812. The number of β-amino-alcohol motifs (C(OH)–C–C–N with tert-alkyl or cyclic N) is 1. The smallest absolute Gasteiger partial charge is 0.417 e.